The van der Waals surface area contributed by atoms with E-state index in [1.54, 1.807) is 12.1 Å². The van der Waals surface area contributed by atoms with Crippen LogP contribution in [0.2, 0.25) is 5.02 Å². The Kier molecular flexibility index (Phi) is 5.86. The molecule has 0 aromatic heterocycles. The topological polar surface area (TPSA) is 0 Å². The summed E-state index contributed by atoms with van der Waals surface area (Å²) in [5.41, 5.74) is 1.03. The largest absolute Gasteiger partial charge is 0.389 e. The standard InChI is InChI=1S/C13H16ClF3S/c1-9(2)12(18-8-7-13(15,16)17)10-3-5-11(14)6-4-10/h3-6,9,12H,7-8H2,1-2H3. The summed E-state index contributed by atoms with van der Waals surface area (Å²) >= 11 is 7.16. The van der Waals surface area contributed by atoms with E-state index in [9.17, 15) is 13.2 Å². The maximum Gasteiger partial charge on any atom is 0.389 e. The van der Waals surface area contributed by atoms with Crippen LogP contribution in [-0.4, -0.2) is 11.9 Å². The van der Waals surface area contributed by atoms with Gasteiger partial charge >= 0.3 is 6.18 Å². The van der Waals surface area contributed by atoms with Crippen molar-refractivity contribution in [3.05, 3.63) is 34.9 Å². The average molecular weight is 297 g/mol. The van der Waals surface area contributed by atoms with Crippen LogP contribution in [0.4, 0.5) is 13.2 Å². The molecule has 0 amide bonds. The van der Waals surface area contributed by atoms with Gasteiger partial charge in [0.25, 0.3) is 0 Å². The molecule has 0 heterocycles. The molecule has 1 aromatic carbocycles. The molecule has 0 fully saturated rings. The summed E-state index contributed by atoms with van der Waals surface area (Å²) in [6.07, 6.45) is -4.82. The summed E-state index contributed by atoms with van der Waals surface area (Å²) in [4.78, 5) is 0. The molecule has 18 heavy (non-hydrogen) atoms. The molecule has 1 atom stereocenters. The molecule has 0 aliphatic carbocycles. The second kappa shape index (κ2) is 6.71. The maximum absolute atomic E-state index is 12.1. The van der Waals surface area contributed by atoms with Gasteiger partial charge in [0, 0.05) is 16.0 Å². The molecule has 0 bridgehead atoms. The molecular weight excluding hydrogens is 281 g/mol. The van der Waals surface area contributed by atoms with Crippen LogP contribution in [-0.2, 0) is 0 Å². The van der Waals surface area contributed by atoms with Crippen molar-refractivity contribution < 1.29 is 13.2 Å². The zero-order valence-electron chi connectivity index (χ0n) is 10.3. The SMILES string of the molecule is CC(C)C(SCCC(F)(F)F)c1ccc(Cl)cc1. The van der Waals surface area contributed by atoms with Gasteiger partial charge < -0.3 is 0 Å². The number of rotatable bonds is 5. The third kappa shape index (κ3) is 5.53. The van der Waals surface area contributed by atoms with E-state index in [2.05, 4.69) is 0 Å². The summed E-state index contributed by atoms with van der Waals surface area (Å²) in [6.45, 7) is 4.03. The molecule has 0 radical (unpaired) electrons. The molecule has 0 saturated heterocycles. The molecule has 0 N–H and O–H groups in total. The van der Waals surface area contributed by atoms with Gasteiger partial charge in [-0.05, 0) is 23.6 Å². The lowest BCUT2D eigenvalue weighted by molar-refractivity contribution is -0.129. The Hall–Kier alpha value is -0.350. The molecule has 1 aromatic rings. The van der Waals surface area contributed by atoms with Crippen LogP contribution in [0.5, 0.6) is 0 Å². The zero-order chi connectivity index (χ0) is 13.8. The van der Waals surface area contributed by atoms with E-state index in [1.807, 2.05) is 26.0 Å². The Bertz CT molecular complexity index is 359. The monoisotopic (exact) mass is 296 g/mol. The molecule has 0 aliphatic rings. The molecule has 0 nitrogen and oxygen atoms in total. The Morgan fingerprint density at radius 1 is 1.17 bits per heavy atom. The van der Waals surface area contributed by atoms with Crippen LogP contribution in [0, 0.1) is 5.92 Å². The van der Waals surface area contributed by atoms with Crippen LogP contribution >= 0.6 is 23.4 Å². The third-order valence-corrected chi connectivity index (χ3v) is 4.35. The van der Waals surface area contributed by atoms with Crippen molar-refractivity contribution in [3.63, 3.8) is 0 Å². The summed E-state index contributed by atoms with van der Waals surface area (Å²) in [7, 11) is 0. The van der Waals surface area contributed by atoms with Gasteiger partial charge in [-0.25, -0.2) is 0 Å². The van der Waals surface area contributed by atoms with Gasteiger partial charge in [0.1, 0.15) is 0 Å². The van der Waals surface area contributed by atoms with Gasteiger partial charge in [-0.1, -0.05) is 37.6 Å². The summed E-state index contributed by atoms with van der Waals surface area (Å²) < 4.78 is 36.4. The third-order valence-electron chi connectivity index (χ3n) is 2.49. The first-order chi connectivity index (χ1) is 8.29. The maximum atomic E-state index is 12.1. The average Bonchev–Trinajstić information content (AvgIpc) is 2.24. The number of benzene rings is 1. The molecule has 1 rings (SSSR count). The minimum Gasteiger partial charge on any atom is -0.171 e. The fourth-order valence-electron chi connectivity index (χ4n) is 1.63. The zero-order valence-corrected chi connectivity index (χ0v) is 11.9. The first-order valence-corrected chi connectivity index (χ1v) is 7.16. The minimum atomic E-state index is -4.07. The molecule has 0 saturated carbocycles. The highest BCUT2D eigenvalue weighted by molar-refractivity contribution is 7.99. The van der Waals surface area contributed by atoms with Gasteiger partial charge in [-0.15, -0.1) is 0 Å². The lowest BCUT2D eigenvalue weighted by atomic mass is 10.0. The number of halogens is 4. The van der Waals surface area contributed by atoms with Crippen molar-refractivity contribution in [2.45, 2.75) is 31.7 Å². The number of hydrogen-bond donors (Lipinski definition) is 0. The minimum absolute atomic E-state index is 0.0737. The van der Waals surface area contributed by atoms with Crippen molar-refractivity contribution in [1.82, 2.24) is 0 Å². The van der Waals surface area contributed by atoms with Crippen molar-refractivity contribution >= 4 is 23.4 Å². The van der Waals surface area contributed by atoms with Gasteiger partial charge in [-0.3, -0.25) is 0 Å². The molecule has 1 unspecified atom stereocenters. The van der Waals surface area contributed by atoms with Crippen molar-refractivity contribution in [2.24, 2.45) is 5.92 Å². The van der Waals surface area contributed by atoms with Gasteiger partial charge in [0.2, 0.25) is 0 Å². The van der Waals surface area contributed by atoms with Gasteiger partial charge in [0.05, 0.1) is 6.42 Å². The lowest BCUT2D eigenvalue weighted by Crippen LogP contribution is -2.10. The summed E-state index contributed by atoms with van der Waals surface area (Å²) in [6, 6.07) is 7.31. The van der Waals surface area contributed by atoms with Gasteiger partial charge in [0.15, 0.2) is 0 Å². The van der Waals surface area contributed by atoms with Gasteiger partial charge in [-0.2, -0.15) is 24.9 Å². The second-order valence-corrected chi connectivity index (χ2v) is 6.14. The Balaban J connectivity index is 2.63. The molecule has 0 aliphatic heterocycles. The molecule has 102 valence electrons. The number of hydrogen-bond acceptors (Lipinski definition) is 1. The smallest absolute Gasteiger partial charge is 0.171 e. The van der Waals surface area contributed by atoms with Crippen molar-refractivity contribution in [3.8, 4) is 0 Å². The van der Waals surface area contributed by atoms with Crippen LogP contribution in [0.3, 0.4) is 0 Å². The van der Waals surface area contributed by atoms with E-state index < -0.39 is 12.6 Å². The predicted octanol–water partition coefficient (Wildman–Crippen LogP) is 5.72. The first kappa shape index (κ1) is 15.7. The second-order valence-electron chi connectivity index (χ2n) is 4.45. The number of thioether (sulfide) groups is 1. The first-order valence-electron chi connectivity index (χ1n) is 5.73. The number of alkyl halides is 3. The Labute approximate surface area is 115 Å². The van der Waals surface area contributed by atoms with E-state index in [4.69, 9.17) is 11.6 Å². The van der Waals surface area contributed by atoms with E-state index in [0.29, 0.717) is 5.02 Å². The van der Waals surface area contributed by atoms with Crippen LogP contribution in [0.15, 0.2) is 24.3 Å². The Morgan fingerprint density at radius 2 is 1.72 bits per heavy atom. The fourth-order valence-corrected chi connectivity index (χ4v) is 3.09. The normalized spacial score (nSPS) is 13.9. The van der Waals surface area contributed by atoms with Crippen LogP contribution in [0.1, 0.15) is 31.1 Å². The van der Waals surface area contributed by atoms with Crippen LogP contribution < -0.4 is 0 Å². The summed E-state index contributed by atoms with van der Waals surface area (Å²) in [5.74, 6) is 0.374. The summed E-state index contributed by atoms with van der Waals surface area (Å²) in [5, 5.41) is 0.714. The highest BCUT2D eigenvalue weighted by atomic mass is 35.5. The van der Waals surface area contributed by atoms with Crippen LogP contribution in [0.25, 0.3) is 0 Å². The van der Waals surface area contributed by atoms with Crippen molar-refractivity contribution in [2.75, 3.05) is 5.75 Å². The molecule has 5 heteroatoms. The fraction of sp³-hybridized carbons (Fsp3) is 0.538. The molecular formula is C13H16ClF3S. The van der Waals surface area contributed by atoms with E-state index >= 15 is 0 Å². The lowest BCUT2D eigenvalue weighted by Gasteiger charge is -2.21. The highest BCUT2D eigenvalue weighted by Gasteiger charge is 2.27. The Morgan fingerprint density at radius 3 is 2.17 bits per heavy atom. The quantitative estimate of drug-likeness (QED) is 0.669. The van der Waals surface area contributed by atoms with Crippen molar-refractivity contribution in [1.29, 1.82) is 0 Å². The molecule has 0 spiro atoms. The predicted molar refractivity (Wildman–Crippen MR) is 72.2 cm³/mol. The van der Waals surface area contributed by atoms with E-state index in [-0.39, 0.29) is 16.9 Å². The van der Waals surface area contributed by atoms with E-state index in [1.165, 1.54) is 11.8 Å². The van der Waals surface area contributed by atoms with E-state index in [0.717, 1.165) is 5.56 Å². The highest BCUT2D eigenvalue weighted by Crippen LogP contribution is 2.37.